The van der Waals surface area contributed by atoms with Crippen LogP contribution >= 0.6 is 0 Å². The average Bonchev–Trinajstić information content (AvgIpc) is 3.10. The highest BCUT2D eigenvalue weighted by Gasteiger charge is 2.51. The number of aromatic nitrogens is 2. The Labute approximate surface area is 229 Å². The second kappa shape index (κ2) is 10.4. The van der Waals surface area contributed by atoms with Crippen LogP contribution in [0.3, 0.4) is 0 Å². The summed E-state index contributed by atoms with van der Waals surface area (Å²) in [4.78, 5) is 23.9. The van der Waals surface area contributed by atoms with Crippen LogP contribution in [0.5, 0.6) is 11.6 Å². The van der Waals surface area contributed by atoms with Crippen molar-refractivity contribution >= 4 is 33.4 Å². The molecule has 1 aromatic carbocycles. The highest BCUT2D eigenvalue weighted by Crippen LogP contribution is 2.42. The minimum atomic E-state index is -4.82. The molecule has 222 valence electrons. The number of hydrogen-bond donors (Lipinski definition) is 2. The standard InChI is InChI=1S/C24H32F3N5O7S/c1-13-19(20(37-8)30-31(13)7)40(35,36)32-12-18(22(3,4)29-14(2)33)38-17-10-9-15(11-16(17)32)28-21(34)39-23(5,6)24(25,26)27/h9-11,18H,12H2,1-8H3,(H,28,34)(H,29,33). The van der Waals surface area contributed by atoms with Gasteiger partial charge in [-0.3, -0.25) is 19.1 Å². The number of carbonyl (C=O) groups excluding carboxylic acids is 2. The summed E-state index contributed by atoms with van der Waals surface area (Å²) in [7, 11) is -1.59. The van der Waals surface area contributed by atoms with Crippen LogP contribution in [0.2, 0.25) is 0 Å². The fraction of sp³-hybridized carbons (Fsp3) is 0.542. The fourth-order valence-corrected chi connectivity index (χ4v) is 5.80. The maximum Gasteiger partial charge on any atom is 0.427 e. The van der Waals surface area contributed by atoms with Gasteiger partial charge >= 0.3 is 12.3 Å². The number of aryl methyl sites for hydroxylation is 1. The number of methoxy groups -OCH3 is 1. The highest BCUT2D eigenvalue weighted by molar-refractivity contribution is 7.93. The van der Waals surface area contributed by atoms with Gasteiger partial charge in [0.05, 0.1) is 30.6 Å². The molecule has 0 saturated carbocycles. The van der Waals surface area contributed by atoms with Gasteiger partial charge in [-0.2, -0.15) is 13.2 Å². The second-order valence-electron chi connectivity index (χ2n) is 10.3. The summed E-state index contributed by atoms with van der Waals surface area (Å²) < 4.78 is 85.9. The van der Waals surface area contributed by atoms with Gasteiger partial charge in [0.15, 0.2) is 4.90 Å². The first kappa shape index (κ1) is 30.8. The molecule has 16 heteroatoms. The third-order valence-electron chi connectivity index (χ3n) is 6.40. The Balaban J connectivity index is 2.10. The normalized spacial score (nSPS) is 16.1. The van der Waals surface area contributed by atoms with E-state index in [1.54, 1.807) is 27.8 Å². The summed E-state index contributed by atoms with van der Waals surface area (Å²) in [5.41, 5.74) is -3.61. The number of anilines is 2. The third-order valence-corrected chi connectivity index (χ3v) is 8.31. The molecule has 12 nitrogen and oxygen atoms in total. The first-order valence-corrected chi connectivity index (χ1v) is 13.4. The molecule has 0 fully saturated rings. The van der Waals surface area contributed by atoms with E-state index < -0.39 is 39.5 Å². The summed E-state index contributed by atoms with van der Waals surface area (Å²) in [5, 5.41) is 9.05. The van der Waals surface area contributed by atoms with Crippen LogP contribution in [0.25, 0.3) is 0 Å². The van der Waals surface area contributed by atoms with Gasteiger partial charge in [-0.05, 0) is 52.8 Å². The molecule has 1 aliphatic heterocycles. The van der Waals surface area contributed by atoms with Gasteiger partial charge in [0.1, 0.15) is 11.9 Å². The van der Waals surface area contributed by atoms with E-state index in [1.165, 1.54) is 36.9 Å². The molecule has 1 atom stereocenters. The Morgan fingerprint density at radius 3 is 2.35 bits per heavy atom. The molecule has 3 rings (SSSR count). The van der Waals surface area contributed by atoms with Gasteiger partial charge in [-0.1, -0.05) is 0 Å². The lowest BCUT2D eigenvalue weighted by atomic mass is 9.95. The van der Waals surface area contributed by atoms with Crippen LogP contribution in [-0.2, 0) is 26.6 Å². The lowest BCUT2D eigenvalue weighted by Gasteiger charge is -2.42. The smallest absolute Gasteiger partial charge is 0.427 e. The van der Waals surface area contributed by atoms with Crippen LogP contribution in [0, 0.1) is 6.92 Å². The van der Waals surface area contributed by atoms with E-state index in [0.29, 0.717) is 13.8 Å². The van der Waals surface area contributed by atoms with Crippen molar-refractivity contribution in [2.75, 3.05) is 23.3 Å². The number of rotatable bonds is 7. The number of alkyl halides is 3. The predicted molar refractivity (Wildman–Crippen MR) is 138 cm³/mol. The molecule has 2 aromatic rings. The number of amides is 2. The minimum absolute atomic E-state index is 0.0203. The third kappa shape index (κ3) is 5.90. The van der Waals surface area contributed by atoms with Crippen molar-refractivity contribution < 1.29 is 45.4 Å². The van der Waals surface area contributed by atoms with Crippen molar-refractivity contribution in [1.82, 2.24) is 15.1 Å². The maximum atomic E-state index is 14.1. The molecule has 0 spiro atoms. The van der Waals surface area contributed by atoms with E-state index in [2.05, 4.69) is 20.5 Å². The first-order valence-electron chi connectivity index (χ1n) is 12.0. The molecule has 0 bridgehead atoms. The Hall–Kier alpha value is -3.69. The largest absolute Gasteiger partial charge is 0.484 e. The van der Waals surface area contributed by atoms with Crippen LogP contribution in [0.15, 0.2) is 23.1 Å². The number of benzene rings is 1. The van der Waals surface area contributed by atoms with E-state index in [-0.39, 0.29) is 46.0 Å². The Morgan fingerprint density at radius 2 is 1.80 bits per heavy atom. The topological polar surface area (TPSA) is 141 Å². The molecular weight excluding hydrogens is 559 g/mol. The predicted octanol–water partition coefficient (Wildman–Crippen LogP) is 3.50. The van der Waals surface area contributed by atoms with Crippen LogP contribution < -0.4 is 24.4 Å². The first-order chi connectivity index (χ1) is 18.2. The molecule has 0 saturated heterocycles. The quantitative estimate of drug-likeness (QED) is 0.499. The number of hydrogen-bond acceptors (Lipinski definition) is 8. The molecule has 40 heavy (non-hydrogen) atoms. The Kier molecular flexibility index (Phi) is 8.00. The van der Waals surface area contributed by atoms with Crippen LogP contribution in [0.1, 0.15) is 40.3 Å². The van der Waals surface area contributed by atoms with Crippen molar-refractivity contribution in [2.45, 2.75) is 69.9 Å². The molecule has 1 aliphatic rings. The SMILES string of the molecule is COc1nn(C)c(C)c1S(=O)(=O)N1CC(C(C)(C)NC(C)=O)Oc2ccc(NC(=O)OC(C)(C)C(F)(F)F)cc21. The number of sulfonamides is 1. The molecule has 2 N–H and O–H groups in total. The van der Waals surface area contributed by atoms with E-state index in [9.17, 15) is 31.2 Å². The van der Waals surface area contributed by atoms with Gasteiger partial charge in [0, 0.05) is 19.7 Å². The molecule has 1 unspecified atom stereocenters. The second-order valence-corrected chi connectivity index (χ2v) is 12.1. The molecule has 2 amide bonds. The zero-order chi connectivity index (χ0) is 30.4. The van der Waals surface area contributed by atoms with Crippen molar-refractivity contribution in [3.63, 3.8) is 0 Å². The Morgan fingerprint density at radius 1 is 1.18 bits per heavy atom. The lowest BCUT2D eigenvalue weighted by molar-refractivity contribution is -0.242. The number of ether oxygens (including phenoxy) is 3. The number of halogens is 3. The van der Waals surface area contributed by atoms with Gasteiger partial charge in [-0.15, -0.1) is 5.10 Å². The summed E-state index contributed by atoms with van der Waals surface area (Å²) in [5.74, 6) is -0.440. The molecule has 0 radical (unpaired) electrons. The zero-order valence-corrected chi connectivity index (χ0v) is 24.1. The van der Waals surface area contributed by atoms with Crippen molar-refractivity contribution in [2.24, 2.45) is 7.05 Å². The fourth-order valence-electron chi connectivity index (χ4n) is 4.00. The average molecular weight is 592 g/mol. The van der Waals surface area contributed by atoms with Gasteiger partial charge < -0.3 is 19.5 Å². The van der Waals surface area contributed by atoms with Crippen molar-refractivity contribution in [3.05, 3.63) is 23.9 Å². The van der Waals surface area contributed by atoms with Gasteiger partial charge in [0.2, 0.25) is 11.5 Å². The zero-order valence-electron chi connectivity index (χ0n) is 23.3. The number of carbonyl (C=O) groups is 2. The van der Waals surface area contributed by atoms with Crippen LogP contribution in [0.4, 0.5) is 29.3 Å². The van der Waals surface area contributed by atoms with Crippen molar-refractivity contribution in [3.8, 4) is 11.6 Å². The van der Waals surface area contributed by atoms with Crippen molar-refractivity contribution in [1.29, 1.82) is 0 Å². The molecular formula is C24H32F3N5O7S. The number of fused-ring (bicyclic) bond motifs is 1. The molecule has 0 aliphatic carbocycles. The molecule has 2 heterocycles. The maximum absolute atomic E-state index is 14.1. The minimum Gasteiger partial charge on any atom is -0.484 e. The summed E-state index contributed by atoms with van der Waals surface area (Å²) >= 11 is 0. The monoisotopic (exact) mass is 591 g/mol. The summed E-state index contributed by atoms with van der Waals surface area (Å²) in [6.45, 7) is 7.30. The number of nitrogens with zero attached hydrogens (tertiary/aromatic N) is 3. The summed E-state index contributed by atoms with van der Waals surface area (Å²) in [6.07, 6.45) is -7.10. The molecule has 1 aromatic heterocycles. The van der Waals surface area contributed by atoms with E-state index in [1.807, 2.05) is 0 Å². The van der Waals surface area contributed by atoms with E-state index in [4.69, 9.17) is 9.47 Å². The van der Waals surface area contributed by atoms with E-state index in [0.717, 1.165) is 4.31 Å². The lowest BCUT2D eigenvalue weighted by Crippen LogP contribution is -2.60. The van der Waals surface area contributed by atoms with Gasteiger partial charge in [0.25, 0.3) is 15.9 Å². The van der Waals surface area contributed by atoms with Gasteiger partial charge in [-0.25, -0.2) is 13.2 Å². The van der Waals surface area contributed by atoms with Crippen LogP contribution in [-0.4, -0.2) is 67.3 Å². The highest BCUT2D eigenvalue weighted by atomic mass is 32.2. The summed E-state index contributed by atoms with van der Waals surface area (Å²) in [6, 6.07) is 3.90. The van der Waals surface area contributed by atoms with E-state index >= 15 is 0 Å². The Bertz CT molecular complexity index is 1420. The number of nitrogens with one attached hydrogen (secondary N) is 2.